The monoisotopic (exact) mass is 630 g/mol. The molecule has 0 spiro atoms. The van der Waals surface area contributed by atoms with Gasteiger partial charge in [0.1, 0.15) is 0 Å². The van der Waals surface area contributed by atoms with Gasteiger partial charge in [-0.2, -0.15) is 0 Å². The van der Waals surface area contributed by atoms with Crippen molar-refractivity contribution in [2.75, 3.05) is 0 Å². The molecule has 238 valence electrons. The number of ether oxygens (including phenoxy) is 2. The Morgan fingerprint density at radius 1 is 0.375 bits per heavy atom. The van der Waals surface area contributed by atoms with Gasteiger partial charge in [-0.3, -0.25) is 0 Å². The van der Waals surface area contributed by atoms with E-state index in [-0.39, 0.29) is 12.2 Å². The van der Waals surface area contributed by atoms with E-state index in [1.54, 1.807) is 0 Å². The quantitative estimate of drug-likeness (QED) is 0.149. The van der Waals surface area contributed by atoms with Crippen LogP contribution in [0, 0.1) is 0 Å². The fourth-order valence-corrected chi connectivity index (χ4v) is 5.98. The molecular weight excluding hydrogens is 592 g/mol. The molecule has 0 atom stereocenters. The zero-order valence-corrected chi connectivity index (χ0v) is 27.6. The van der Waals surface area contributed by atoms with Crippen molar-refractivity contribution in [3.8, 4) is 55.6 Å². The number of carbonyl (C=O) groups excluding carboxylic acids is 2. The van der Waals surface area contributed by atoms with Gasteiger partial charge in [-0.05, 0) is 108 Å². The van der Waals surface area contributed by atoms with Crippen LogP contribution in [0.3, 0.4) is 0 Å². The molecular formula is C44H38O4. The first-order valence-electron chi connectivity index (χ1n) is 16.3. The maximum atomic E-state index is 14.3. The minimum atomic E-state index is -0.465. The molecule has 48 heavy (non-hydrogen) atoms. The van der Waals surface area contributed by atoms with Crippen molar-refractivity contribution in [1.29, 1.82) is 0 Å². The van der Waals surface area contributed by atoms with Gasteiger partial charge in [0.25, 0.3) is 0 Å². The first kappa shape index (κ1) is 32.2. The molecule has 0 N–H and O–H groups in total. The summed E-state index contributed by atoms with van der Waals surface area (Å²) < 4.78 is 11.9. The standard InChI is InChI=1S/C44H38O4/c1-29(2)47-43(45)41-37(33-21-13-7-14-22-33)25-35(31-17-9-5-10-18-31)27-39(41)40-28-36(32-19-11-6-12-20-32)26-38(34-23-15-8-16-24-34)42(40)44(46)48-30(3)4/h5-30H,1-4H3. The number of rotatable bonds is 9. The van der Waals surface area contributed by atoms with Crippen molar-refractivity contribution < 1.29 is 19.1 Å². The van der Waals surface area contributed by atoms with Crippen molar-refractivity contribution in [2.45, 2.75) is 39.9 Å². The SMILES string of the molecule is CC(C)OC(=O)c1c(-c2ccccc2)cc(-c2ccccc2)cc1-c1cc(-c2ccccc2)cc(-c2ccccc2)c1C(=O)OC(C)C. The molecule has 6 aromatic carbocycles. The number of hydrogen-bond donors (Lipinski definition) is 0. The zero-order chi connectivity index (χ0) is 33.6. The van der Waals surface area contributed by atoms with Gasteiger partial charge >= 0.3 is 11.9 Å². The summed E-state index contributed by atoms with van der Waals surface area (Å²) in [6.45, 7) is 7.36. The van der Waals surface area contributed by atoms with Crippen molar-refractivity contribution in [1.82, 2.24) is 0 Å². The van der Waals surface area contributed by atoms with Crippen molar-refractivity contribution in [3.05, 3.63) is 157 Å². The van der Waals surface area contributed by atoms with E-state index in [4.69, 9.17) is 9.47 Å². The summed E-state index contributed by atoms with van der Waals surface area (Å²) in [6, 6.07) is 47.9. The Labute approximate surface area is 282 Å². The van der Waals surface area contributed by atoms with E-state index < -0.39 is 11.9 Å². The third-order valence-electron chi connectivity index (χ3n) is 8.04. The van der Waals surface area contributed by atoms with Crippen LogP contribution < -0.4 is 0 Å². The molecule has 0 saturated heterocycles. The van der Waals surface area contributed by atoms with E-state index >= 15 is 0 Å². The average Bonchev–Trinajstić information content (AvgIpc) is 3.11. The highest BCUT2D eigenvalue weighted by Gasteiger charge is 2.29. The van der Waals surface area contributed by atoms with Crippen molar-refractivity contribution in [2.24, 2.45) is 0 Å². The Morgan fingerprint density at radius 2 is 0.646 bits per heavy atom. The van der Waals surface area contributed by atoms with Gasteiger partial charge in [0.05, 0.1) is 23.3 Å². The third-order valence-corrected chi connectivity index (χ3v) is 8.04. The second-order valence-corrected chi connectivity index (χ2v) is 12.3. The molecule has 0 aromatic heterocycles. The first-order chi connectivity index (χ1) is 23.3. The molecule has 0 saturated carbocycles. The second kappa shape index (κ2) is 14.4. The van der Waals surface area contributed by atoms with Crippen LogP contribution >= 0.6 is 0 Å². The molecule has 4 nitrogen and oxygen atoms in total. The molecule has 0 bridgehead atoms. The summed E-state index contributed by atoms with van der Waals surface area (Å²) in [4.78, 5) is 28.6. The predicted octanol–water partition coefficient (Wildman–Crippen LogP) is 11.2. The second-order valence-electron chi connectivity index (χ2n) is 12.3. The Kier molecular flexibility index (Phi) is 9.63. The molecule has 6 rings (SSSR count). The van der Waals surface area contributed by atoms with E-state index in [0.717, 1.165) is 33.4 Å². The van der Waals surface area contributed by atoms with Crippen molar-refractivity contribution >= 4 is 11.9 Å². The summed E-state index contributed by atoms with van der Waals surface area (Å²) in [7, 11) is 0. The summed E-state index contributed by atoms with van der Waals surface area (Å²) in [5.74, 6) is -0.930. The number of esters is 2. The van der Waals surface area contributed by atoms with Crippen LogP contribution in [0.5, 0.6) is 0 Å². The zero-order valence-electron chi connectivity index (χ0n) is 27.6. The number of carbonyl (C=O) groups is 2. The first-order valence-corrected chi connectivity index (χ1v) is 16.3. The van der Waals surface area contributed by atoms with Crippen LogP contribution in [0.1, 0.15) is 48.4 Å². The minimum Gasteiger partial charge on any atom is -0.459 e. The van der Waals surface area contributed by atoms with Gasteiger partial charge in [0.15, 0.2) is 0 Å². The minimum absolute atomic E-state index is 0.358. The lowest BCUT2D eigenvalue weighted by molar-refractivity contribution is 0.0366. The molecule has 0 fully saturated rings. The Balaban J connectivity index is 1.80. The van der Waals surface area contributed by atoms with Crippen LogP contribution in [0.15, 0.2) is 146 Å². The molecule has 0 amide bonds. The molecule has 0 aliphatic heterocycles. The Hall–Kier alpha value is -5.74. The van der Waals surface area contributed by atoms with E-state index in [1.807, 2.05) is 173 Å². The molecule has 0 heterocycles. The van der Waals surface area contributed by atoms with Crippen LogP contribution in [0.4, 0.5) is 0 Å². The highest BCUT2D eigenvalue weighted by molar-refractivity contribution is 6.11. The Morgan fingerprint density at radius 3 is 0.938 bits per heavy atom. The van der Waals surface area contributed by atoms with E-state index in [0.29, 0.717) is 33.4 Å². The van der Waals surface area contributed by atoms with Gasteiger partial charge < -0.3 is 9.47 Å². The van der Waals surface area contributed by atoms with Crippen LogP contribution in [-0.2, 0) is 9.47 Å². The van der Waals surface area contributed by atoms with Gasteiger partial charge in [-0.15, -0.1) is 0 Å². The molecule has 4 heteroatoms. The smallest absolute Gasteiger partial charge is 0.339 e. The highest BCUT2D eigenvalue weighted by atomic mass is 16.5. The molecule has 0 aliphatic rings. The van der Waals surface area contributed by atoms with Gasteiger partial charge in [-0.1, -0.05) is 121 Å². The topological polar surface area (TPSA) is 52.6 Å². The summed E-state index contributed by atoms with van der Waals surface area (Å²) in [5.41, 5.74) is 8.87. The highest BCUT2D eigenvalue weighted by Crippen LogP contribution is 2.43. The Bertz CT molecular complexity index is 1880. The van der Waals surface area contributed by atoms with Gasteiger partial charge in [0, 0.05) is 0 Å². The average molecular weight is 631 g/mol. The largest absolute Gasteiger partial charge is 0.459 e. The van der Waals surface area contributed by atoms with E-state index in [1.165, 1.54) is 0 Å². The maximum Gasteiger partial charge on any atom is 0.339 e. The van der Waals surface area contributed by atoms with Crippen LogP contribution in [-0.4, -0.2) is 24.1 Å². The van der Waals surface area contributed by atoms with E-state index in [2.05, 4.69) is 0 Å². The third kappa shape index (κ3) is 6.98. The normalized spacial score (nSPS) is 11.0. The molecule has 6 aromatic rings. The molecule has 0 unspecified atom stereocenters. The number of benzene rings is 6. The lowest BCUT2D eigenvalue weighted by atomic mass is 9.83. The molecule has 0 radical (unpaired) electrons. The summed E-state index contributed by atoms with van der Waals surface area (Å²) in [5, 5.41) is 0. The summed E-state index contributed by atoms with van der Waals surface area (Å²) >= 11 is 0. The van der Waals surface area contributed by atoms with Crippen molar-refractivity contribution in [3.63, 3.8) is 0 Å². The van der Waals surface area contributed by atoms with Crippen LogP contribution in [0.25, 0.3) is 55.6 Å². The molecule has 0 aliphatic carbocycles. The predicted molar refractivity (Wildman–Crippen MR) is 195 cm³/mol. The summed E-state index contributed by atoms with van der Waals surface area (Å²) in [6.07, 6.45) is -0.715. The fraction of sp³-hybridized carbons (Fsp3) is 0.136. The van der Waals surface area contributed by atoms with Gasteiger partial charge in [-0.25, -0.2) is 9.59 Å². The maximum absolute atomic E-state index is 14.3. The lowest BCUT2D eigenvalue weighted by Crippen LogP contribution is -2.17. The van der Waals surface area contributed by atoms with E-state index in [9.17, 15) is 9.59 Å². The van der Waals surface area contributed by atoms with Gasteiger partial charge in [0.2, 0.25) is 0 Å². The van der Waals surface area contributed by atoms with Crippen LogP contribution in [0.2, 0.25) is 0 Å². The fourth-order valence-electron chi connectivity index (χ4n) is 5.98. The lowest BCUT2D eigenvalue weighted by Gasteiger charge is -2.23. The number of hydrogen-bond acceptors (Lipinski definition) is 4.